The van der Waals surface area contributed by atoms with Crippen LogP contribution in [0.15, 0.2) is 42.5 Å². The van der Waals surface area contributed by atoms with Crippen LogP contribution >= 0.6 is 0 Å². The Morgan fingerprint density at radius 1 is 0.878 bits per heavy atom. The Morgan fingerprint density at radius 2 is 1.50 bits per heavy atom. The van der Waals surface area contributed by atoms with E-state index < -0.39 is 30.1 Å². The van der Waals surface area contributed by atoms with Gasteiger partial charge in [-0.05, 0) is 63.1 Å². The predicted molar refractivity (Wildman–Crippen MR) is 276 cm³/mol. The zero-order valence-electron chi connectivity index (χ0n) is 45.4. The molecule has 3 fully saturated rings. The Labute approximate surface area is 438 Å². The number of fused-ring (bicyclic) bond motifs is 2. The summed E-state index contributed by atoms with van der Waals surface area (Å²) in [6.45, 7) is 12.7. The smallest absolute Gasteiger partial charge is 0.326 e. The first-order chi connectivity index (χ1) is 35.5. The number of benzene rings is 1. The van der Waals surface area contributed by atoms with E-state index in [2.05, 4.69) is 29.4 Å². The van der Waals surface area contributed by atoms with Crippen molar-refractivity contribution in [2.75, 3.05) is 87.6 Å². The first-order valence-corrected chi connectivity index (χ1v) is 26.4. The number of nitrogens with one attached hydrogen (secondary N) is 2. The minimum atomic E-state index is -1.03. The molecular weight excluding hydrogens is 957 g/mol. The van der Waals surface area contributed by atoms with E-state index in [9.17, 15) is 43.5 Å². The number of ether oxygens (including phenoxy) is 5. The summed E-state index contributed by atoms with van der Waals surface area (Å²) in [4.78, 5) is 105. The van der Waals surface area contributed by atoms with Gasteiger partial charge >= 0.3 is 5.97 Å². The van der Waals surface area contributed by atoms with Crippen molar-refractivity contribution in [3.63, 3.8) is 0 Å². The molecule has 1 aromatic rings. The number of likely N-dealkylation sites (tertiary alicyclic amines) is 2. The highest BCUT2D eigenvalue weighted by atomic mass is 16.5. The van der Waals surface area contributed by atoms with Crippen LogP contribution in [0.3, 0.4) is 0 Å². The van der Waals surface area contributed by atoms with E-state index in [0.717, 1.165) is 61.8 Å². The lowest BCUT2D eigenvalue weighted by Gasteiger charge is -2.37. The topological polar surface area (TPSA) is 240 Å². The van der Waals surface area contributed by atoms with Gasteiger partial charge in [0, 0.05) is 58.3 Å². The van der Waals surface area contributed by atoms with Crippen LogP contribution in [0.1, 0.15) is 98.0 Å². The van der Waals surface area contributed by atoms with Crippen molar-refractivity contribution in [1.29, 1.82) is 0 Å². The van der Waals surface area contributed by atoms with Gasteiger partial charge in [0.25, 0.3) is 11.8 Å². The van der Waals surface area contributed by atoms with Gasteiger partial charge in [-0.1, -0.05) is 77.8 Å². The zero-order chi connectivity index (χ0) is 54.7. The molecule has 20 heteroatoms. The summed E-state index contributed by atoms with van der Waals surface area (Å²) in [6.07, 6.45) is 9.70. The molecule has 2 saturated heterocycles. The van der Waals surface area contributed by atoms with Crippen LogP contribution in [-0.4, -0.2) is 202 Å². The Bertz CT molecular complexity index is 1940. The highest BCUT2D eigenvalue weighted by Crippen LogP contribution is 2.43. The molecule has 1 saturated carbocycles. The molecule has 1 aromatic carbocycles. The first kappa shape index (κ1) is 63.2. The van der Waals surface area contributed by atoms with E-state index in [1.54, 1.807) is 30.9 Å². The fraction of sp³-hybridized carbons (Fsp3) is 0.704. The second-order valence-electron chi connectivity index (χ2n) is 19.5. The number of likely N-dealkylation sites (N-methyl/N-ethyl adjacent to an activating group) is 2. The summed E-state index contributed by atoms with van der Waals surface area (Å²) in [6, 6.07) is 7.61. The van der Waals surface area contributed by atoms with Crippen molar-refractivity contribution >= 4 is 47.7 Å². The average molecular weight is 1040 g/mol. The molecule has 0 aromatic heterocycles. The number of hydrogen-bond donors (Lipinski definition) is 3. The van der Waals surface area contributed by atoms with E-state index in [-0.39, 0.29) is 124 Å². The molecule has 3 N–H and O–H groups in total. The highest BCUT2D eigenvalue weighted by Gasteiger charge is 2.51. The number of carbonyl (C=O) groups is 8. The summed E-state index contributed by atoms with van der Waals surface area (Å²) in [7, 11) is 6.83. The molecule has 4 aliphatic rings. The maximum Gasteiger partial charge on any atom is 0.326 e. The van der Waals surface area contributed by atoms with Gasteiger partial charge in [0.15, 0.2) is 0 Å². The average Bonchev–Trinajstić information content (AvgIpc) is 4.20. The number of carboxylic acid groups (broad SMARTS) is 1. The number of aliphatic carboxylic acids is 1. The molecule has 20 nitrogen and oxygen atoms in total. The first-order valence-electron chi connectivity index (χ1n) is 26.4. The third kappa shape index (κ3) is 19.2. The molecule has 416 valence electrons. The van der Waals surface area contributed by atoms with Crippen molar-refractivity contribution in [2.45, 2.75) is 141 Å². The molecule has 3 heterocycles. The van der Waals surface area contributed by atoms with Crippen LogP contribution < -0.4 is 10.6 Å². The quantitative estimate of drug-likeness (QED) is 0.0570. The van der Waals surface area contributed by atoms with Gasteiger partial charge < -0.3 is 58.9 Å². The van der Waals surface area contributed by atoms with Crippen LogP contribution in [-0.2, 0) is 68.5 Å². The highest BCUT2D eigenvalue weighted by molar-refractivity contribution is 6.12. The SMILES string of the molecule is CCC.CCC(C)C(C(CC=O)OC)N(C)C(=O)CNC(=O)C1C2CCC(C2)N1C(=O)CCOCCOCCOCCN1C(=O)C=CC1=O.COC(C(C)C(=O)N[C@@H](Cc1ccccc1)C(=O)O)C1CCCN1C. The maximum absolute atomic E-state index is 13.3. The molecule has 74 heavy (non-hydrogen) atoms. The normalized spacial score (nSPS) is 21.4. The van der Waals surface area contributed by atoms with Gasteiger partial charge in [0.2, 0.25) is 23.6 Å². The molecule has 0 spiro atoms. The number of rotatable bonds is 30. The van der Waals surface area contributed by atoms with E-state index >= 15 is 0 Å². The van der Waals surface area contributed by atoms with Crippen molar-refractivity contribution < 1.29 is 67.1 Å². The lowest BCUT2D eigenvalue weighted by Crippen LogP contribution is -2.55. The Balaban J connectivity index is 0.000000432. The number of piperidine rings is 1. The van der Waals surface area contributed by atoms with Gasteiger partial charge in [-0.15, -0.1) is 0 Å². The standard InChI is InChI=1S/C32H50N4O10.C19H28N2O4.C3H8/c1-5-22(2)30(25(43-4)10-13-37)34(3)29(41)21-33-32(42)31-23-6-7-24(20-23)36(31)28(40)11-14-44-16-18-46-19-17-45-15-12-35-26(38)8-9-27(35)39;1-13(17(25-3)16-10-7-11-21(16)2)18(22)20-15(19(23)24)12-14-8-5-4-6-9-14;1-3-2/h8-9,13,22-25,30-31H,5-7,10-12,14-21H2,1-4H3,(H,33,42);4-6,8-9,13,15-17H,7,10-12H2,1-3H3,(H,20,22)(H,23,24);3H2,1-2H3/t;13?,15-,16?,17?;/m.0./s1. The van der Waals surface area contributed by atoms with Crippen LogP contribution in [0.2, 0.25) is 0 Å². The molecule has 1 aliphatic carbocycles. The van der Waals surface area contributed by atoms with E-state index in [1.165, 1.54) is 25.7 Å². The van der Waals surface area contributed by atoms with Gasteiger partial charge in [0.1, 0.15) is 18.4 Å². The number of imide groups is 1. The summed E-state index contributed by atoms with van der Waals surface area (Å²) in [5, 5.41) is 14.9. The van der Waals surface area contributed by atoms with Crippen molar-refractivity contribution in [1.82, 2.24) is 30.2 Å². The molecule has 6 amide bonds. The second-order valence-corrected chi connectivity index (χ2v) is 19.5. The minimum Gasteiger partial charge on any atom is -0.480 e. The zero-order valence-corrected chi connectivity index (χ0v) is 45.4. The fourth-order valence-corrected chi connectivity index (χ4v) is 10.1. The van der Waals surface area contributed by atoms with Crippen LogP contribution in [0.25, 0.3) is 0 Å². The third-order valence-electron chi connectivity index (χ3n) is 14.2. The van der Waals surface area contributed by atoms with Gasteiger partial charge in [-0.2, -0.15) is 0 Å². The number of carbonyl (C=O) groups excluding carboxylic acids is 7. The number of amides is 6. The summed E-state index contributed by atoms with van der Waals surface area (Å²) in [5.74, 6) is -3.05. The number of nitrogens with zero attached hydrogens (tertiary/aromatic N) is 4. The van der Waals surface area contributed by atoms with Gasteiger partial charge in [-0.3, -0.25) is 33.7 Å². The molecule has 3 aliphatic heterocycles. The number of carboxylic acids is 1. The summed E-state index contributed by atoms with van der Waals surface area (Å²) in [5.41, 5.74) is 0.877. The van der Waals surface area contributed by atoms with Crippen molar-refractivity contribution in [3.05, 3.63) is 48.0 Å². The summed E-state index contributed by atoms with van der Waals surface area (Å²) < 4.78 is 27.6. The number of hydrogen-bond acceptors (Lipinski definition) is 14. The van der Waals surface area contributed by atoms with E-state index in [4.69, 9.17) is 23.7 Å². The Morgan fingerprint density at radius 3 is 2.05 bits per heavy atom. The van der Waals surface area contributed by atoms with Crippen molar-refractivity contribution in [2.24, 2.45) is 17.8 Å². The molecular formula is C54H86N6O14. The van der Waals surface area contributed by atoms with Gasteiger partial charge in [0.05, 0.1) is 83.3 Å². The molecule has 5 rings (SSSR count). The molecule has 9 unspecified atom stereocenters. The molecule has 0 radical (unpaired) electrons. The Hall–Kier alpha value is -5.12. The van der Waals surface area contributed by atoms with Crippen molar-refractivity contribution in [3.8, 4) is 0 Å². The largest absolute Gasteiger partial charge is 0.480 e. The minimum absolute atomic E-state index is 0.00789. The summed E-state index contributed by atoms with van der Waals surface area (Å²) >= 11 is 0. The molecule has 2 bridgehead atoms. The Kier molecular flexibility index (Phi) is 28.8. The number of methoxy groups -OCH3 is 2. The number of aldehydes is 1. The van der Waals surface area contributed by atoms with E-state index in [0.29, 0.717) is 19.8 Å². The fourth-order valence-electron chi connectivity index (χ4n) is 10.1. The van der Waals surface area contributed by atoms with Crippen LogP contribution in [0.5, 0.6) is 0 Å². The lowest BCUT2D eigenvalue weighted by molar-refractivity contribution is -0.145. The van der Waals surface area contributed by atoms with Crippen LogP contribution in [0, 0.1) is 17.8 Å². The van der Waals surface area contributed by atoms with E-state index in [1.807, 2.05) is 51.2 Å². The monoisotopic (exact) mass is 1040 g/mol. The van der Waals surface area contributed by atoms with Gasteiger partial charge in [-0.25, -0.2) is 4.79 Å². The third-order valence-corrected chi connectivity index (χ3v) is 14.2. The maximum atomic E-state index is 13.3. The predicted octanol–water partition coefficient (Wildman–Crippen LogP) is 3.28. The van der Waals surface area contributed by atoms with Crippen LogP contribution in [0.4, 0.5) is 0 Å². The second kappa shape index (κ2) is 33.7. The molecule has 10 atom stereocenters. The lowest BCUT2D eigenvalue weighted by atomic mass is 9.91.